The van der Waals surface area contributed by atoms with E-state index in [-0.39, 0.29) is 12.5 Å². The van der Waals surface area contributed by atoms with Crippen LogP contribution in [0, 0.1) is 0 Å². The largest absolute Gasteiger partial charge is 0.490 e. The highest BCUT2D eigenvalue weighted by atomic mass is 16.5. The van der Waals surface area contributed by atoms with Gasteiger partial charge in [-0.1, -0.05) is 60.7 Å². The summed E-state index contributed by atoms with van der Waals surface area (Å²) in [7, 11) is 1.81. The number of amides is 1. The number of carbonyl (C=O) groups is 1. The summed E-state index contributed by atoms with van der Waals surface area (Å²) in [4.78, 5) is 14.2. The van der Waals surface area contributed by atoms with Crippen LogP contribution in [0.3, 0.4) is 0 Å². The quantitative estimate of drug-likeness (QED) is 0.527. The molecule has 5 nitrogen and oxygen atoms in total. The minimum Gasteiger partial charge on any atom is -0.490 e. The Balaban J connectivity index is 1.46. The van der Waals surface area contributed by atoms with Gasteiger partial charge in [0.05, 0.1) is 12.2 Å². The van der Waals surface area contributed by atoms with Crippen LogP contribution in [-0.4, -0.2) is 37.6 Å². The van der Waals surface area contributed by atoms with Crippen molar-refractivity contribution >= 4 is 11.6 Å². The second-order valence-corrected chi connectivity index (χ2v) is 6.60. The number of hydrogen-bond donors (Lipinski definition) is 1. The molecule has 1 N–H and O–H groups in total. The number of hydrogen-bond acceptors (Lipinski definition) is 4. The van der Waals surface area contributed by atoms with E-state index < -0.39 is 0 Å². The molecule has 0 saturated heterocycles. The lowest BCUT2D eigenvalue weighted by Gasteiger charge is -2.19. The van der Waals surface area contributed by atoms with E-state index in [9.17, 15) is 4.79 Å². The molecule has 29 heavy (non-hydrogen) atoms. The van der Waals surface area contributed by atoms with Gasteiger partial charge in [0.1, 0.15) is 24.7 Å². The van der Waals surface area contributed by atoms with Gasteiger partial charge >= 0.3 is 0 Å². The first-order chi connectivity index (χ1) is 14.2. The van der Waals surface area contributed by atoms with Crippen LogP contribution in [0.25, 0.3) is 0 Å². The molecule has 3 rings (SSSR count). The van der Waals surface area contributed by atoms with Gasteiger partial charge in [0.2, 0.25) is 5.91 Å². The van der Waals surface area contributed by atoms with Gasteiger partial charge in [0.15, 0.2) is 0 Å². The lowest BCUT2D eigenvalue weighted by Crippen LogP contribution is -2.31. The van der Waals surface area contributed by atoms with E-state index in [1.807, 2.05) is 84.9 Å². The minimum atomic E-state index is 0.0102. The molecule has 3 aromatic carbocycles. The number of carbonyl (C=O) groups excluding carboxylic acids is 1. The third-order valence-electron chi connectivity index (χ3n) is 4.36. The number of para-hydroxylation sites is 3. The van der Waals surface area contributed by atoms with Crippen molar-refractivity contribution in [2.45, 2.75) is 6.54 Å². The number of ether oxygens (including phenoxy) is 2. The van der Waals surface area contributed by atoms with E-state index in [1.165, 1.54) is 0 Å². The number of nitrogens with zero attached hydrogens (tertiary/aromatic N) is 1. The van der Waals surface area contributed by atoms with Crippen LogP contribution in [0.15, 0.2) is 84.9 Å². The van der Waals surface area contributed by atoms with Gasteiger partial charge in [0.25, 0.3) is 0 Å². The van der Waals surface area contributed by atoms with Gasteiger partial charge in [-0.25, -0.2) is 0 Å². The topological polar surface area (TPSA) is 50.8 Å². The number of benzene rings is 3. The minimum absolute atomic E-state index is 0.0102. The molecule has 150 valence electrons. The van der Waals surface area contributed by atoms with Gasteiger partial charge < -0.3 is 19.7 Å². The highest BCUT2D eigenvalue weighted by Crippen LogP contribution is 2.23. The van der Waals surface area contributed by atoms with Crippen LogP contribution in [0.1, 0.15) is 5.56 Å². The Morgan fingerprint density at radius 2 is 1.45 bits per heavy atom. The average molecular weight is 390 g/mol. The Labute approximate surface area is 171 Å². The predicted octanol–water partition coefficient (Wildman–Crippen LogP) is 4.21. The maximum absolute atomic E-state index is 12.5. The zero-order valence-corrected chi connectivity index (χ0v) is 16.6. The number of rotatable bonds is 10. The average Bonchev–Trinajstić information content (AvgIpc) is 2.77. The number of likely N-dealkylation sites (N-methyl/N-ethyl adjacent to an activating group) is 1. The third kappa shape index (κ3) is 6.57. The van der Waals surface area contributed by atoms with E-state index in [4.69, 9.17) is 9.47 Å². The van der Waals surface area contributed by atoms with Crippen molar-refractivity contribution < 1.29 is 14.3 Å². The Hall–Kier alpha value is -3.47. The van der Waals surface area contributed by atoms with Crippen molar-refractivity contribution in [3.8, 4) is 11.5 Å². The summed E-state index contributed by atoms with van der Waals surface area (Å²) < 4.78 is 11.5. The lowest BCUT2D eigenvalue weighted by molar-refractivity contribution is -0.128. The fourth-order valence-corrected chi connectivity index (χ4v) is 2.82. The predicted molar refractivity (Wildman–Crippen MR) is 115 cm³/mol. The molecule has 1 amide bonds. The van der Waals surface area contributed by atoms with Crippen LogP contribution in [0.4, 0.5) is 5.69 Å². The molecule has 5 heteroatoms. The Morgan fingerprint density at radius 1 is 0.828 bits per heavy atom. The first-order valence-corrected chi connectivity index (χ1v) is 9.64. The smallest absolute Gasteiger partial charge is 0.241 e. The van der Waals surface area contributed by atoms with E-state index in [0.29, 0.717) is 25.5 Å². The Morgan fingerprint density at radius 3 is 2.21 bits per heavy atom. The molecule has 0 radical (unpaired) electrons. The molecule has 0 atom stereocenters. The summed E-state index contributed by atoms with van der Waals surface area (Å²) in [5.41, 5.74) is 1.89. The molecule has 0 heterocycles. The first-order valence-electron chi connectivity index (χ1n) is 9.64. The first kappa shape index (κ1) is 20.3. The molecule has 3 aromatic rings. The van der Waals surface area contributed by atoms with E-state index in [2.05, 4.69) is 5.32 Å². The van der Waals surface area contributed by atoms with E-state index in [0.717, 1.165) is 17.0 Å². The molecule has 0 unspecified atom stereocenters. The standard InChI is InChI=1S/C24H26N2O3/c1-26(19-20-10-4-2-5-11-20)24(27)18-25-22-14-8-9-15-23(22)29-17-16-28-21-12-6-3-7-13-21/h2-15,25H,16-19H2,1H3. The Kier molecular flexibility index (Phi) is 7.52. The summed E-state index contributed by atoms with van der Waals surface area (Å²) >= 11 is 0. The molecular weight excluding hydrogens is 364 g/mol. The van der Waals surface area contributed by atoms with Crippen LogP contribution >= 0.6 is 0 Å². The maximum Gasteiger partial charge on any atom is 0.241 e. The van der Waals surface area contributed by atoms with Gasteiger partial charge in [0, 0.05) is 13.6 Å². The van der Waals surface area contributed by atoms with Crippen molar-refractivity contribution in [2.24, 2.45) is 0 Å². The third-order valence-corrected chi connectivity index (χ3v) is 4.36. The maximum atomic E-state index is 12.5. The molecule has 0 fully saturated rings. The highest BCUT2D eigenvalue weighted by Gasteiger charge is 2.10. The van der Waals surface area contributed by atoms with E-state index in [1.54, 1.807) is 11.9 Å². The normalized spacial score (nSPS) is 10.2. The summed E-state index contributed by atoms with van der Waals surface area (Å²) in [6.45, 7) is 1.63. The fraction of sp³-hybridized carbons (Fsp3) is 0.208. The van der Waals surface area contributed by atoms with Gasteiger partial charge in [-0.05, 0) is 29.8 Å². The van der Waals surface area contributed by atoms with Crippen LogP contribution < -0.4 is 14.8 Å². The number of nitrogens with one attached hydrogen (secondary N) is 1. The summed E-state index contributed by atoms with van der Waals surface area (Å²) in [5, 5.41) is 3.18. The van der Waals surface area contributed by atoms with Crippen LogP contribution in [-0.2, 0) is 11.3 Å². The summed E-state index contributed by atoms with van der Waals surface area (Å²) in [6.07, 6.45) is 0. The highest BCUT2D eigenvalue weighted by molar-refractivity contribution is 5.81. The van der Waals surface area contributed by atoms with Crippen molar-refractivity contribution in [3.05, 3.63) is 90.5 Å². The van der Waals surface area contributed by atoms with Crippen molar-refractivity contribution in [2.75, 3.05) is 32.1 Å². The second-order valence-electron chi connectivity index (χ2n) is 6.60. The van der Waals surface area contributed by atoms with Crippen molar-refractivity contribution in [1.82, 2.24) is 4.90 Å². The molecule has 0 spiro atoms. The molecule has 0 aliphatic rings. The molecular formula is C24H26N2O3. The zero-order valence-electron chi connectivity index (χ0n) is 16.6. The summed E-state index contributed by atoms with van der Waals surface area (Å²) in [5.74, 6) is 1.52. The second kappa shape index (κ2) is 10.8. The SMILES string of the molecule is CN(Cc1ccccc1)C(=O)CNc1ccccc1OCCOc1ccccc1. The van der Waals surface area contributed by atoms with Gasteiger partial charge in [-0.3, -0.25) is 4.79 Å². The number of anilines is 1. The summed E-state index contributed by atoms with van der Waals surface area (Å²) in [6, 6.07) is 27.2. The van der Waals surface area contributed by atoms with Crippen molar-refractivity contribution in [1.29, 1.82) is 0 Å². The monoisotopic (exact) mass is 390 g/mol. The molecule has 0 aliphatic carbocycles. The molecule has 0 bridgehead atoms. The fourth-order valence-electron chi connectivity index (χ4n) is 2.82. The molecule has 0 aliphatic heterocycles. The van der Waals surface area contributed by atoms with Crippen LogP contribution in [0.5, 0.6) is 11.5 Å². The Bertz CT molecular complexity index is 885. The lowest BCUT2D eigenvalue weighted by atomic mass is 10.2. The zero-order chi connectivity index (χ0) is 20.3. The van der Waals surface area contributed by atoms with Gasteiger partial charge in [-0.2, -0.15) is 0 Å². The van der Waals surface area contributed by atoms with Gasteiger partial charge in [-0.15, -0.1) is 0 Å². The van der Waals surface area contributed by atoms with E-state index >= 15 is 0 Å². The van der Waals surface area contributed by atoms with Crippen molar-refractivity contribution in [3.63, 3.8) is 0 Å². The van der Waals surface area contributed by atoms with Crippen LogP contribution in [0.2, 0.25) is 0 Å². The molecule has 0 saturated carbocycles. The molecule has 0 aromatic heterocycles.